The van der Waals surface area contributed by atoms with Gasteiger partial charge >= 0.3 is 0 Å². The fourth-order valence-electron chi connectivity index (χ4n) is 1.87. The van der Waals surface area contributed by atoms with Gasteiger partial charge in [-0.25, -0.2) is 4.98 Å². The lowest BCUT2D eigenvalue weighted by atomic mass is 10.1. The van der Waals surface area contributed by atoms with Crippen LogP contribution in [0.2, 0.25) is 0 Å². The van der Waals surface area contributed by atoms with Gasteiger partial charge in [0, 0.05) is 24.8 Å². The number of nitrogens with zero attached hydrogens (tertiary/aromatic N) is 2. The topological polar surface area (TPSA) is 42.1 Å². The quantitative estimate of drug-likeness (QED) is 0.818. The van der Waals surface area contributed by atoms with E-state index in [1.165, 1.54) is 18.4 Å². The van der Waals surface area contributed by atoms with Crippen molar-refractivity contribution in [2.45, 2.75) is 38.8 Å². The first-order valence-corrected chi connectivity index (χ1v) is 5.70. The van der Waals surface area contributed by atoms with Crippen LogP contribution in [0.15, 0.2) is 18.3 Å². The van der Waals surface area contributed by atoms with Gasteiger partial charge in [0.25, 0.3) is 0 Å². The lowest BCUT2D eigenvalue weighted by molar-refractivity contribution is 0.787. The summed E-state index contributed by atoms with van der Waals surface area (Å²) in [6, 6.07) is 4.91. The van der Waals surface area contributed by atoms with E-state index in [1.54, 1.807) is 0 Å². The summed E-state index contributed by atoms with van der Waals surface area (Å²) in [5.74, 6) is 1.08. The van der Waals surface area contributed by atoms with Crippen LogP contribution in [0.1, 0.15) is 38.3 Å². The van der Waals surface area contributed by atoms with Crippen molar-refractivity contribution in [3.8, 4) is 0 Å². The highest BCUT2D eigenvalue weighted by atomic mass is 15.2. The summed E-state index contributed by atoms with van der Waals surface area (Å²) in [6.07, 6.45) is 4.47. The largest absolute Gasteiger partial charge is 0.354 e. The van der Waals surface area contributed by atoms with Gasteiger partial charge in [-0.15, -0.1) is 0 Å². The zero-order chi connectivity index (χ0) is 10.8. The second-order valence-electron chi connectivity index (χ2n) is 4.25. The summed E-state index contributed by atoms with van der Waals surface area (Å²) in [5.41, 5.74) is 7.04. The van der Waals surface area contributed by atoms with Gasteiger partial charge in [0.1, 0.15) is 5.82 Å². The minimum atomic E-state index is 0.0876. The molecule has 1 aliphatic carbocycles. The molecule has 82 valence electrons. The van der Waals surface area contributed by atoms with Gasteiger partial charge < -0.3 is 10.6 Å². The molecular weight excluding hydrogens is 186 g/mol. The number of hydrogen-bond acceptors (Lipinski definition) is 3. The fraction of sp³-hybridized carbons (Fsp3) is 0.583. The molecule has 0 aliphatic heterocycles. The Hall–Kier alpha value is -1.09. The number of nitrogens with two attached hydrogens (primary N) is 1. The first kappa shape index (κ1) is 10.4. The van der Waals surface area contributed by atoms with E-state index in [-0.39, 0.29) is 6.04 Å². The van der Waals surface area contributed by atoms with Gasteiger partial charge in [0.15, 0.2) is 0 Å². The van der Waals surface area contributed by atoms with Gasteiger partial charge in [0.05, 0.1) is 0 Å². The molecule has 1 aromatic heterocycles. The third-order valence-electron chi connectivity index (χ3n) is 2.92. The highest BCUT2D eigenvalue weighted by Crippen LogP contribution is 2.30. The maximum Gasteiger partial charge on any atom is 0.129 e. The standard InChI is InChI=1S/C12H19N3/c1-3-15(11-4-5-11)12-8-10(9(2)13)6-7-14-12/h6-9,11H,3-5,13H2,1-2H3/t9-/m1/s1. The van der Waals surface area contributed by atoms with Crippen LogP contribution in [-0.2, 0) is 0 Å². The molecule has 0 bridgehead atoms. The van der Waals surface area contributed by atoms with Crippen molar-refractivity contribution in [2.24, 2.45) is 5.73 Å². The molecule has 15 heavy (non-hydrogen) atoms. The van der Waals surface area contributed by atoms with Crippen molar-refractivity contribution >= 4 is 5.82 Å². The molecular formula is C12H19N3. The van der Waals surface area contributed by atoms with Crippen LogP contribution < -0.4 is 10.6 Å². The van der Waals surface area contributed by atoms with E-state index >= 15 is 0 Å². The van der Waals surface area contributed by atoms with E-state index in [2.05, 4.69) is 22.9 Å². The molecule has 0 unspecified atom stereocenters. The van der Waals surface area contributed by atoms with Crippen molar-refractivity contribution in [3.05, 3.63) is 23.9 Å². The predicted molar refractivity (Wildman–Crippen MR) is 62.9 cm³/mol. The van der Waals surface area contributed by atoms with Crippen molar-refractivity contribution < 1.29 is 0 Å². The van der Waals surface area contributed by atoms with Gasteiger partial charge in [0.2, 0.25) is 0 Å². The lowest BCUT2D eigenvalue weighted by Crippen LogP contribution is -2.26. The zero-order valence-corrected chi connectivity index (χ0v) is 9.48. The van der Waals surface area contributed by atoms with Crippen LogP contribution in [-0.4, -0.2) is 17.6 Å². The van der Waals surface area contributed by atoms with Gasteiger partial charge in [-0.2, -0.15) is 0 Å². The molecule has 1 saturated carbocycles. The van der Waals surface area contributed by atoms with E-state index in [0.29, 0.717) is 6.04 Å². The molecule has 2 rings (SSSR count). The normalized spacial score (nSPS) is 17.5. The van der Waals surface area contributed by atoms with E-state index in [9.17, 15) is 0 Å². The Bertz CT molecular complexity index is 331. The molecule has 3 heteroatoms. The van der Waals surface area contributed by atoms with Crippen molar-refractivity contribution in [1.29, 1.82) is 0 Å². The number of pyridine rings is 1. The van der Waals surface area contributed by atoms with Crippen molar-refractivity contribution in [2.75, 3.05) is 11.4 Å². The van der Waals surface area contributed by atoms with E-state index in [0.717, 1.165) is 12.4 Å². The van der Waals surface area contributed by atoms with Crippen LogP contribution in [0.25, 0.3) is 0 Å². The summed E-state index contributed by atoms with van der Waals surface area (Å²) in [4.78, 5) is 6.79. The molecule has 1 heterocycles. The van der Waals surface area contributed by atoms with Crippen LogP contribution in [0.5, 0.6) is 0 Å². The molecule has 1 atom stereocenters. The van der Waals surface area contributed by atoms with Gasteiger partial charge in [-0.3, -0.25) is 0 Å². The molecule has 1 fully saturated rings. The third-order valence-corrected chi connectivity index (χ3v) is 2.92. The predicted octanol–water partition coefficient (Wildman–Crippen LogP) is 2.09. The number of anilines is 1. The monoisotopic (exact) mass is 205 g/mol. The molecule has 1 aliphatic rings. The highest BCUT2D eigenvalue weighted by Gasteiger charge is 2.28. The summed E-state index contributed by atoms with van der Waals surface area (Å²) >= 11 is 0. The zero-order valence-electron chi connectivity index (χ0n) is 9.48. The number of rotatable bonds is 4. The first-order chi connectivity index (χ1) is 7.22. The maximum absolute atomic E-state index is 5.87. The minimum Gasteiger partial charge on any atom is -0.354 e. The van der Waals surface area contributed by atoms with Crippen LogP contribution in [0.4, 0.5) is 5.82 Å². The van der Waals surface area contributed by atoms with E-state index in [1.807, 2.05) is 19.2 Å². The van der Waals surface area contributed by atoms with Crippen LogP contribution >= 0.6 is 0 Å². The van der Waals surface area contributed by atoms with E-state index in [4.69, 9.17) is 5.73 Å². The molecule has 0 spiro atoms. The molecule has 3 nitrogen and oxygen atoms in total. The molecule has 0 aromatic carbocycles. The first-order valence-electron chi connectivity index (χ1n) is 5.70. The summed E-state index contributed by atoms with van der Waals surface area (Å²) in [6.45, 7) is 5.21. The average Bonchev–Trinajstić information content (AvgIpc) is 3.04. The SMILES string of the molecule is CCN(c1cc([C@@H](C)N)ccn1)C1CC1. The Balaban J connectivity index is 2.22. The Morgan fingerprint density at radius 1 is 1.60 bits per heavy atom. The van der Waals surface area contributed by atoms with Crippen LogP contribution in [0, 0.1) is 0 Å². The van der Waals surface area contributed by atoms with Crippen molar-refractivity contribution in [3.63, 3.8) is 0 Å². The molecule has 0 amide bonds. The van der Waals surface area contributed by atoms with E-state index < -0.39 is 0 Å². The average molecular weight is 205 g/mol. The smallest absolute Gasteiger partial charge is 0.129 e. The number of aromatic nitrogens is 1. The molecule has 0 radical (unpaired) electrons. The Morgan fingerprint density at radius 2 is 2.33 bits per heavy atom. The lowest BCUT2D eigenvalue weighted by Gasteiger charge is -2.22. The van der Waals surface area contributed by atoms with Crippen LogP contribution in [0.3, 0.4) is 0 Å². The van der Waals surface area contributed by atoms with Gasteiger partial charge in [-0.1, -0.05) is 0 Å². The third kappa shape index (κ3) is 2.29. The Morgan fingerprint density at radius 3 is 2.87 bits per heavy atom. The second kappa shape index (κ2) is 4.19. The Labute approximate surface area is 91.3 Å². The highest BCUT2D eigenvalue weighted by molar-refractivity contribution is 5.44. The number of hydrogen-bond donors (Lipinski definition) is 1. The molecule has 0 saturated heterocycles. The maximum atomic E-state index is 5.87. The molecule has 1 aromatic rings. The van der Waals surface area contributed by atoms with Crippen molar-refractivity contribution in [1.82, 2.24) is 4.98 Å². The second-order valence-corrected chi connectivity index (χ2v) is 4.25. The fourth-order valence-corrected chi connectivity index (χ4v) is 1.87. The molecule has 2 N–H and O–H groups in total. The summed E-state index contributed by atoms with van der Waals surface area (Å²) < 4.78 is 0. The summed E-state index contributed by atoms with van der Waals surface area (Å²) in [5, 5.41) is 0. The summed E-state index contributed by atoms with van der Waals surface area (Å²) in [7, 11) is 0. The Kier molecular flexibility index (Phi) is 2.91. The minimum absolute atomic E-state index is 0.0876. The van der Waals surface area contributed by atoms with Gasteiger partial charge in [-0.05, 0) is 44.4 Å².